The van der Waals surface area contributed by atoms with Gasteiger partial charge in [0.2, 0.25) is 11.8 Å². The summed E-state index contributed by atoms with van der Waals surface area (Å²) in [6.45, 7) is 3.07. The number of fused-ring (bicyclic) bond motifs is 1. The summed E-state index contributed by atoms with van der Waals surface area (Å²) in [7, 11) is 1.63. The molecule has 1 fully saturated rings. The molecule has 0 saturated carbocycles. The number of aromatic amines is 1. The molecule has 1 aromatic carbocycles. The maximum Gasteiger partial charge on any atom is 0.254 e. The van der Waals surface area contributed by atoms with Crippen molar-refractivity contribution < 1.29 is 14.3 Å². The number of nitrogens with one attached hydrogen (secondary N) is 1. The molecule has 0 radical (unpaired) electrons. The average Bonchev–Trinajstić information content (AvgIpc) is 2.82. The Morgan fingerprint density at radius 1 is 1.19 bits per heavy atom. The molecule has 2 aliphatic heterocycles. The fourth-order valence-electron chi connectivity index (χ4n) is 4.59. The van der Waals surface area contributed by atoms with E-state index in [1.807, 2.05) is 29.2 Å². The summed E-state index contributed by atoms with van der Waals surface area (Å²) in [4.78, 5) is 48.9. The zero-order valence-electron chi connectivity index (χ0n) is 18.7. The van der Waals surface area contributed by atoms with E-state index in [2.05, 4.69) is 4.98 Å². The van der Waals surface area contributed by atoms with E-state index in [1.165, 1.54) is 6.92 Å². The number of aryl methyl sites for hydroxylation is 1. The van der Waals surface area contributed by atoms with Crippen molar-refractivity contribution in [3.05, 3.63) is 57.3 Å². The minimum atomic E-state index is -0.238. The molecule has 2 amide bonds. The lowest BCUT2D eigenvalue weighted by atomic mass is 9.99. The molecule has 32 heavy (non-hydrogen) atoms. The molecule has 3 heterocycles. The Kier molecular flexibility index (Phi) is 6.58. The number of aromatic nitrogens is 2. The first-order valence-corrected chi connectivity index (χ1v) is 11.3. The van der Waals surface area contributed by atoms with Gasteiger partial charge in [-0.05, 0) is 49.8 Å². The van der Waals surface area contributed by atoms with Crippen LogP contribution in [0.1, 0.15) is 61.3 Å². The summed E-state index contributed by atoms with van der Waals surface area (Å²) in [5.41, 5.74) is 2.24. The predicted octanol–water partition coefficient (Wildman–Crippen LogP) is 2.37. The van der Waals surface area contributed by atoms with E-state index in [1.54, 1.807) is 12.0 Å². The summed E-state index contributed by atoms with van der Waals surface area (Å²) >= 11 is 0. The fourth-order valence-corrected chi connectivity index (χ4v) is 4.59. The summed E-state index contributed by atoms with van der Waals surface area (Å²) in [6.07, 6.45) is 4.24. The SMILES string of the molecule is COc1ccc(CCC(=O)N2CCCCC2c2nc3c(c(=O)[nH]2)CCN(C(C)=O)C3)cc1. The second-order valence-electron chi connectivity index (χ2n) is 8.51. The highest BCUT2D eigenvalue weighted by Crippen LogP contribution is 2.30. The van der Waals surface area contributed by atoms with E-state index >= 15 is 0 Å². The number of rotatable bonds is 5. The quantitative estimate of drug-likeness (QED) is 0.773. The standard InChI is InChI=1S/C24H30N4O4/c1-16(29)27-14-12-19-20(15-27)25-23(26-24(19)31)21-5-3-4-13-28(21)22(30)11-8-17-6-9-18(32-2)10-7-17/h6-7,9-10,21H,3-5,8,11-15H2,1-2H3,(H,25,26,31). The number of hydrogen-bond donors (Lipinski definition) is 1. The van der Waals surface area contributed by atoms with Gasteiger partial charge in [0.15, 0.2) is 0 Å². The number of amides is 2. The smallest absolute Gasteiger partial charge is 0.254 e. The van der Waals surface area contributed by atoms with Gasteiger partial charge in [-0.15, -0.1) is 0 Å². The maximum atomic E-state index is 13.1. The molecule has 4 rings (SSSR count). The molecule has 1 saturated heterocycles. The third-order valence-electron chi connectivity index (χ3n) is 6.46. The van der Waals surface area contributed by atoms with Crippen LogP contribution in [0.2, 0.25) is 0 Å². The zero-order chi connectivity index (χ0) is 22.7. The average molecular weight is 439 g/mol. The molecule has 8 nitrogen and oxygen atoms in total. The summed E-state index contributed by atoms with van der Waals surface area (Å²) in [5, 5.41) is 0. The Morgan fingerprint density at radius 3 is 2.69 bits per heavy atom. The molecule has 1 unspecified atom stereocenters. The summed E-state index contributed by atoms with van der Waals surface area (Å²) < 4.78 is 5.19. The molecule has 0 bridgehead atoms. The number of nitrogens with zero attached hydrogens (tertiary/aromatic N) is 3. The third kappa shape index (κ3) is 4.69. The van der Waals surface area contributed by atoms with E-state index in [-0.39, 0.29) is 23.4 Å². The second kappa shape index (κ2) is 9.54. The molecular formula is C24H30N4O4. The normalized spacial score (nSPS) is 18.2. The molecular weight excluding hydrogens is 408 g/mol. The largest absolute Gasteiger partial charge is 0.497 e. The van der Waals surface area contributed by atoms with Gasteiger partial charge in [-0.1, -0.05) is 12.1 Å². The van der Waals surface area contributed by atoms with Gasteiger partial charge in [-0.2, -0.15) is 0 Å². The number of methoxy groups -OCH3 is 1. The fraction of sp³-hybridized carbons (Fsp3) is 0.500. The van der Waals surface area contributed by atoms with Crippen molar-refractivity contribution in [1.82, 2.24) is 19.8 Å². The molecule has 170 valence electrons. The van der Waals surface area contributed by atoms with Crippen LogP contribution in [0.3, 0.4) is 0 Å². The predicted molar refractivity (Wildman–Crippen MR) is 119 cm³/mol. The van der Waals surface area contributed by atoms with E-state index in [0.29, 0.717) is 56.0 Å². The number of carbonyl (C=O) groups is 2. The molecule has 1 aromatic heterocycles. The monoisotopic (exact) mass is 438 g/mol. The number of piperidine rings is 1. The first-order valence-electron chi connectivity index (χ1n) is 11.3. The van der Waals surface area contributed by atoms with E-state index < -0.39 is 0 Å². The topological polar surface area (TPSA) is 95.6 Å². The number of ether oxygens (including phenoxy) is 1. The van der Waals surface area contributed by atoms with Crippen LogP contribution in [0.4, 0.5) is 0 Å². The minimum Gasteiger partial charge on any atom is -0.497 e. The highest BCUT2D eigenvalue weighted by atomic mass is 16.5. The van der Waals surface area contributed by atoms with Gasteiger partial charge in [0.05, 0.1) is 25.4 Å². The van der Waals surface area contributed by atoms with Crippen LogP contribution in [0.5, 0.6) is 5.75 Å². The van der Waals surface area contributed by atoms with Crippen LogP contribution in [0.25, 0.3) is 0 Å². The second-order valence-corrected chi connectivity index (χ2v) is 8.51. The molecule has 0 aliphatic carbocycles. The van der Waals surface area contributed by atoms with E-state index in [9.17, 15) is 14.4 Å². The van der Waals surface area contributed by atoms with Crippen molar-refractivity contribution in [1.29, 1.82) is 0 Å². The third-order valence-corrected chi connectivity index (χ3v) is 6.46. The number of carbonyl (C=O) groups excluding carboxylic acids is 2. The lowest BCUT2D eigenvalue weighted by Gasteiger charge is -2.36. The number of H-pyrrole nitrogens is 1. The van der Waals surface area contributed by atoms with Gasteiger partial charge in [0.1, 0.15) is 11.6 Å². The lowest BCUT2D eigenvalue weighted by Crippen LogP contribution is -2.42. The summed E-state index contributed by atoms with van der Waals surface area (Å²) in [5.74, 6) is 1.38. The molecule has 8 heteroatoms. The Balaban J connectivity index is 1.51. The van der Waals surface area contributed by atoms with Gasteiger partial charge in [0.25, 0.3) is 5.56 Å². The van der Waals surface area contributed by atoms with Crippen LogP contribution >= 0.6 is 0 Å². The highest BCUT2D eigenvalue weighted by molar-refractivity contribution is 5.77. The van der Waals surface area contributed by atoms with Crippen LogP contribution in [0.15, 0.2) is 29.1 Å². The van der Waals surface area contributed by atoms with Crippen molar-refractivity contribution in [2.24, 2.45) is 0 Å². The van der Waals surface area contributed by atoms with Crippen molar-refractivity contribution in [3.8, 4) is 5.75 Å². The van der Waals surface area contributed by atoms with Gasteiger partial charge in [0, 0.05) is 32.0 Å². The van der Waals surface area contributed by atoms with Crippen molar-refractivity contribution in [3.63, 3.8) is 0 Å². The molecule has 1 N–H and O–H groups in total. The highest BCUT2D eigenvalue weighted by Gasteiger charge is 2.31. The number of likely N-dealkylation sites (tertiary alicyclic amines) is 1. The Morgan fingerprint density at radius 2 is 1.97 bits per heavy atom. The first-order chi connectivity index (χ1) is 15.5. The van der Waals surface area contributed by atoms with Crippen LogP contribution in [-0.2, 0) is 29.0 Å². The zero-order valence-corrected chi connectivity index (χ0v) is 18.7. The van der Waals surface area contributed by atoms with Crippen molar-refractivity contribution in [2.75, 3.05) is 20.2 Å². The molecule has 1 atom stereocenters. The number of benzene rings is 1. The first kappa shape index (κ1) is 22.0. The van der Waals surface area contributed by atoms with E-state index in [0.717, 1.165) is 30.6 Å². The summed E-state index contributed by atoms with van der Waals surface area (Å²) in [6, 6.07) is 7.51. The minimum absolute atomic E-state index is 0.0210. The van der Waals surface area contributed by atoms with E-state index in [4.69, 9.17) is 9.72 Å². The Bertz CT molecular complexity index is 1050. The van der Waals surface area contributed by atoms with Crippen molar-refractivity contribution in [2.45, 2.75) is 58.0 Å². The lowest BCUT2D eigenvalue weighted by molar-refractivity contribution is -0.135. The molecule has 2 aromatic rings. The van der Waals surface area contributed by atoms with Crippen molar-refractivity contribution >= 4 is 11.8 Å². The number of hydrogen-bond acceptors (Lipinski definition) is 5. The van der Waals surface area contributed by atoms with Gasteiger partial charge < -0.3 is 19.5 Å². The Labute approximate surface area is 187 Å². The van der Waals surface area contributed by atoms with Gasteiger partial charge >= 0.3 is 0 Å². The van der Waals surface area contributed by atoms with Crippen LogP contribution < -0.4 is 10.3 Å². The maximum absolute atomic E-state index is 13.1. The molecule has 0 spiro atoms. The van der Waals surface area contributed by atoms with Gasteiger partial charge in [-0.3, -0.25) is 14.4 Å². The molecule has 2 aliphatic rings. The Hall–Kier alpha value is -3.16. The van der Waals surface area contributed by atoms with Gasteiger partial charge in [-0.25, -0.2) is 4.98 Å². The van der Waals surface area contributed by atoms with Crippen LogP contribution in [0, 0.1) is 0 Å². The van der Waals surface area contributed by atoms with Crippen LogP contribution in [-0.4, -0.2) is 51.8 Å².